The smallest absolute Gasteiger partial charge is 0.0977 e. The highest BCUT2D eigenvalue weighted by molar-refractivity contribution is 14.1. The van der Waals surface area contributed by atoms with Gasteiger partial charge in [-0.05, 0) is 13.8 Å². The summed E-state index contributed by atoms with van der Waals surface area (Å²) in [7, 11) is 0. The van der Waals surface area contributed by atoms with Gasteiger partial charge in [0.15, 0.2) is 0 Å². The lowest BCUT2D eigenvalue weighted by atomic mass is 10.1. The summed E-state index contributed by atoms with van der Waals surface area (Å²) in [6.45, 7) is 5.64. The number of rotatable bonds is 2. The molecule has 1 rings (SSSR count). The van der Waals surface area contributed by atoms with Crippen LogP contribution in [0.2, 0.25) is 0 Å². The first-order valence-corrected chi connectivity index (χ1v) is 6.99. The zero-order chi connectivity index (χ0) is 9.24. The summed E-state index contributed by atoms with van der Waals surface area (Å²) in [6, 6.07) is 0. The fourth-order valence-corrected chi connectivity index (χ4v) is 1.77. The maximum atomic E-state index is 5.78. The summed E-state index contributed by atoms with van der Waals surface area (Å²) < 4.78 is 13.5. The summed E-state index contributed by atoms with van der Waals surface area (Å²) in [5, 5.41) is 0. The third-order valence-electron chi connectivity index (χ3n) is 2.02. The highest BCUT2D eigenvalue weighted by atomic mass is 127. The number of hydrogen-bond donors (Lipinski definition) is 0. The van der Waals surface area contributed by atoms with Crippen LogP contribution in [0, 0.1) is 0 Å². The lowest BCUT2D eigenvalue weighted by molar-refractivity contribution is -0.204. The molecule has 1 heterocycles. The van der Waals surface area contributed by atoms with Crippen molar-refractivity contribution < 1.29 is 9.47 Å². The topological polar surface area (TPSA) is 18.5 Å². The fraction of sp³-hybridized carbons (Fsp3) is 1.00. The molecule has 0 amide bonds. The molecule has 4 heteroatoms. The molecule has 2 nitrogen and oxygen atoms in total. The summed E-state index contributed by atoms with van der Waals surface area (Å²) >= 11 is 4.68. The van der Waals surface area contributed by atoms with Crippen molar-refractivity contribution in [1.82, 2.24) is 0 Å². The lowest BCUT2D eigenvalue weighted by Gasteiger charge is -2.41. The molecular formula is C8H14I2O2. The van der Waals surface area contributed by atoms with Crippen molar-refractivity contribution in [2.45, 2.75) is 25.0 Å². The molecule has 0 bridgehead atoms. The third-order valence-corrected chi connectivity index (χ3v) is 5.24. The second kappa shape index (κ2) is 4.27. The molecule has 0 aliphatic carbocycles. The lowest BCUT2D eigenvalue weighted by Crippen LogP contribution is -2.52. The first kappa shape index (κ1) is 11.5. The Balaban J connectivity index is 2.49. The van der Waals surface area contributed by atoms with Crippen LogP contribution in [0.1, 0.15) is 13.8 Å². The summed E-state index contributed by atoms with van der Waals surface area (Å²) in [6.07, 6.45) is 0. The minimum atomic E-state index is -0.0636. The van der Waals surface area contributed by atoms with E-state index in [1.54, 1.807) is 0 Å². The minimum absolute atomic E-state index is 0.0636. The zero-order valence-corrected chi connectivity index (χ0v) is 11.7. The predicted molar refractivity (Wildman–Crippen MR) is 66.5 cm³/mol. The van der Waals surface area contributed by atoms with Gasteiger partial charge in [0.1, 0.15) is 0 Å². The van der Waals surface area contributed by atoms with Crippen LogP contribution in [0.3, 0.4) is 0 Å². The first-order valence-electron chi connectivity index (χ1n) is 3.93. The van der Waals surface area contributed by atoms with Crippen LogP contribution in [0.4, 0.5) is 0 Å². The molecule has 1 saturated heterocycles. The molecule has 12 heavy (non-hydrogen) atoms. The van der Waals surface area contributed by atoms with Crippen molar-refractivity contribution in [2.24, 2.45) is 0 Å². The van der Waals surface area contributed by atoms with Crippen molar-refractivity contribution >= 4 is 45.2 Å². The van der Waals surface area contributed by atoms with Crippen LogP contribution < -0.4 is 0 Å². The molecule has 1 aliphatic heterocycles. The Bertz CT molecular complexity index is 135. The standard InChI is InChI=1S/C8H14I2O2/c1-7(3-9)5-12-8(2,4-10)6-11-7/h3-6H2,1-2H3. The molecule has 2 unspecified atom stereocenters. The van der Waals surface area contributed by atoms with Crippen LogP contribution in [0.15, 0.2) is 0 Å². The van der Waals surface area contributed by atoms with E-state index in [0.29, 0.717) is 0 Å². The summed E-state index contributed by atoms with van der Waals surface area (Å²) in [5.41, 5.74) is -0.127. The molecule has 0 aromatic rings. The van der Waals surface area contributed by atoms with Gasteiger partial charge >= 0.3 is 0 Å². The molecule has 0 spiro atoms. The van der Waals surface area contributed by atoms with E-state index in [1.165, 1.54) is 0 Å². The van der Waals surface area contributed by atoms with E-state index < -0.39 is 0 Å². The highest BCUT2D eigenvalue weighted by Crippen LogP contribution is 2.27. The fourth-order valence-electron chi connectivity index (χ4n) is 0.891. The second-order valence-electron chi connectivity index (χ2n) is 3.74. The van der Waals surface area contributed by atoms with E-state index in [0.717, 1.165) is 22.1 Å². The normalized spacial score (nSPS) is 43.0. The van der Waals surface area contributed by atoms with Gasteiger partial charge in [0.2, 0.25) is 0 Å². The van der Waals surface area contributed by atoms with E-state index in [2.05, 4.69) is 59.0 Å². The van der Waals surface area contributed by atoms with Crippen LogP contribution >= 0.6 is 45.2 Å². The number of halogens is 2. The third kappa shape index (κ3) is 2.68. The van der Waals surface area contributed by atoms with Crippen molar-refractivity contribution in [1.29, 1.82) is 0 Å². The summed E-state index contributed by atoms with van der Waals surface area (Å²) in [4.78, 5) is 0. The van der Waals surface area contributed by atoms with E-state index in [4.69, 9.17) is 9.47 Å². The Kier molecular flexibility index (Phi) is 4.07. The molecule has 72 valence electrons. The SMILES string of the molecule is CC1(CI)COC(C)(CI)CO1. The molecule has 0 N–H and O–H groups in total. The van der Waals surface area contributed by atoms with Crippen LogP contribution in [-0.2, 0) is 9.47 Å². The van der Waals surface area contributed by atoms with Gasteiger partial charge in [-0.15, -0.1) is 0 Å². The van der Waals surface area contributed by atoms with Crippen molar-refractivity contribution in [3.63, 3.8) is 0 Å². The van der Waals surface area contributed by atoms with Gasteiger partial charge in [0.25, 0.3) is 0 Å². The Morgan fingerprint density at radius 2 is 1.33 bits per heavy atom. The van der Waals surface area contributed by atoms with Gasteiger partial charge in [0, 0.05) is 8.86 Å². The van der Waals surface area contributed by atoms with Gasteiger partial charge in [0.05, 0.1) is 24.4 Å². The maximum Gasteiger partial charge on any atom is 0.0977 e. The Hall–Kier alpha value is 1.38. The first-order chi connectivity index (χ1) is 5.54. The second-order valence-corrected chi connectivity index (χ2v) is 5.27. The quantitative estimate of drug-likeness (QED) is 0.528. The molecular weight excluding hydrogens is 382 g/mol. The molecule has 0 aromatic carbocycles. The van der Waals surface area contributed by atoms with Gasteiger partial charge in [-0.2, -0.15) is 0 Å². The van der Waals surface area contributed by atoms with E-state index >= 15 is 0 Å². The van der Waals surface area contributed by atoms with Gasteiger partial charge in [-0.1, -0.05) is 45.2 Å². The molecule has 0 saturated carbocycles. The maximum absolute atomic E-state index is 5.78. The largest absolute Gasteiger partial charge is 0.369 e. The minimum Gasteiger partial charge on any atom is -0.369 e. The van der Waals surface area contributed by atoms with E-state index in [1.807, 2.05) is 0 Å². The monoisotopic (exact) mass is 396 g/mol. The van der Waals surface area contributed by atoms with Crippen molar-refractivity contribution in [3.05, 3.63) is 0 Å². The van der Waals surface area contributed by atoms with E-state index in [9.17, 15) is 0 Å². The zero-order valence-electron chi connectivity index (χ0n) is 7.40. The number of hydrogen-bond acceptors (Lipinski definition) is 2. The highest BCUT2D eigenvalue weighted by Gasteiger charge is 2.37. The Labute approximate surface area is 101 Å². The van der Waals surface area contributed by atoms with Crippen molar-refractivity contribution in [2.75, 3.05) is 22.1 Å². The van der Waals surface area contributed by atoms with Gasteiger partial charge in [-0.25, -0.2) is 0 Å². The average molecular weight is 396 g/mol. The molecule has 2 atom stereocenters. The van der Waals surface area contributed by atoms with Crippen LogP contribution in [0.25, 0.3) is 0 Å². The number of ether oxygens (including phenoxy) is 2. The molecule has 0 aromatic heterocycles. The Morgan fingerprint density at radius 1 is 1.00 bits per heavy atom. The van der Waals surface area contributed by atoms with E-state index in [-0.39, 0.29) is 11.2 Å². The molecule has 0 radical (unpaired) electrons. The predicted octanol–water partition coefficient (Wildman–Crippen LogP) is 2.42. The molecule has 1 aliphatic rings. The van der Waals surface area contributed by atoms with Crippen LogP contribution in [-0.4, -0.2) is 33.3 Å². The molecule has 1 fully saturated rings. The van der Waals surface area contributed by atoms with Crippen molar-refractivity contribution in [3.8, 4) is 0 Å². The Morgan fingerprint density at radius 3 is 1.50 bits per heavy atom. The average Bonchev–Trinajstić information content (AvgIpc) is 2.11. The summed E-state index contributed by atoms with van der Waals surface area (Å²) in [5.74, 6) is 0. The van der Waals surface area contributed by atoms with Gasteiger partial charge < -0.3 is 9.47 Å². The number of alkyl halides is 2. The van der Waals surface area contributed by atoms with Gasteiger partial charge in [-0.3, -0.25) is 0 Å². The van der Waals surface area contributed by atoms with Crippen LogP contribution in [0.5, 0.6) is 0 Å².